The van der Waals surface area contributed by atoms with Crippen LogP contribution in [0.4, 0.5) is 0 Å². The highest BCUT2D eigenvalue weighted by Gasteiger charge is 2.46. The largest absolute Gasteiger partial charge is 0.415 e. The average molecular weight is 741 g/mol. The van der Waals surface area contributed by atoms with E-state index in [9.17, 15) is 8.42 Å². The summed E-state index contributed by atoms with van der Waals surface area (Å²) in [5.74, 6) is -0.356. The lowest BCUT2D eigenvalue weighted by molar-refractivity contribution is 0.144. The van der Waals surface area contributed by atoms with Gasteiger partial charge in [-0.15, -0.1) is 0 Å². The first kappa shape index (κ1) is 43.1. The first-order valence-electron chi connectivity index (χ1n) is 17.5. The van der Waals surface area contributed by atoms with E-state index in [1.807, 2.05) is 36.4 Å². The predicted molar refractivity (Wildman–Crippen MR) is 210 cm³/mol. The Hall–Kier alpha value is -1.09. The van der Waals surface area contributed by atoms with Crippen LogP contribution in [-0.2, 0) is 28.6 Å². The summed E-state index contributed by atoms with van der Waals surface area (Å²) >= 11 is 0. The van der Waals surface area contributed by atoms with Gasteiger partial charge in [-0.05, 0) is 93.8 Å². The minimum absolute atomic E-state index is 0.0137. The molecule has 0 aromatic heterocycles. The van der Waals surface area contributed by atoms with E-state index in [1.165, 1.54) is 0 Å². The summed E-state index contributed by atoms with van der Waals surface area (Å²) in [6.07, 6.45) is 6.91. The molecule has 4 atom stereocenters. The van der Waals surface area contributed by atoms with Crippen molar-refractivity contribution in [3.8, 4) is 0 Å². The van der Waals surface area contributed by atoms with E-state index >= 15 is 4.21 Å². The zero-order chi connectivity index (χ0) is 37.1. The maximum atomic E-state index is 15.5. The number of nitrogens with zero attached hydrogens (tertiary/aromatic N) is 2. The molecule has 1 aromatic rings. The number of benzene rings is 1. The smallest absolute Gasteiger partial charge is 0.219 e. The molecule has 48 heavy (non-hydrogen) atoms. The topological polar surface area (TPSA) is 85.3 Å². The summed E-state index contributed by atoms with van der Waals surface area (Å²) in [6, 6.07) is 8.91. The molecule has 1 aliphatic heterocycles. The standard InChI is InChI=1S/C37H68N2O5S2Si2/c1-29(2)31-27-34(45(40,38-12)30-23-19-17-20-24-30)33(44-48(15,16)37(9,10)11)25-21-18-22-26-39(46(41,42)35(3,4)5)32(31)28-43-47(13,14)36(6,7)8/h17-20,22-24,27,29,31-33H,21,25-26,28H2,1-16H3/b22-18+,34-27+/t31-,32?,33?,45?/m0/s1. The van der Waals surface area contributed by atoms with Gasteiger partial charge in [-0.2, -0.15) is 4.31 Å². The average Bonchev–Trinajstić information content (AvgIpc) is 2.97. The Morgan fingerprint density at radius 2 is 1.42 bits per heavy atom. The van der Waals surface area contributed by atoms with Crippen molar-refractivity contribution in [3.05, 3.63) is 53.5 Å². The zero-order valence-corrected chi connectivity index (χ0v) is 36.6. The Balaban J connectivity index is 3.10. The lowest BCUT2D eigenvalue weighted by atomic mass is 9.87. The van der Waals surface area contributed by atoms with Gasteiger partial charge in [-0.1, -0.05) is 91.8 Å². The van der Waals surface area contributed by atoms with E-state index in [0.717, 1.165) is 0 Å². The van der Waals surface area contributed by atoms with Crippen molar-refractivity contribution >= 4 is 36.4 Å². The van der Waals surface area contributed by atoms with Crippen LogP contribution in [0.5, 0.6) is 0 Å². The highest BCUT2D eigenvalue weighted by Crippen LogP contribution is 2.42. The highest BCUT2D eigenvalue weighted by molar-refractivity contribution is 7.97. The van der Waals surface area contributed by atoms with Gasteiger partial charge in [-0.3, -0.25) is 0 Å². The molecule has 0 radical (unpaired) electrons. The molecule has 7 nitrogen and oxygen atoms in total. The zero-order valence-electron chi connectivity index (χ0n) is 33.0. The molecule has 1 aromatic carbocycles. The van der Waals surface area contributed by atoms with E-state index in [1.54, 1.807) is 32.1 Å². The van der Waals surface area contributed by atoms with Crippen LogP contribution < -0.4 is 0 Å². The monoisotopic (exact) mass is 740 g/mol. The Bertz CT molecular complexity index is 1510. The van der Waals surface area contributed by atoms with Crippen LogP contribution in [0.15, 0.2) is 62.7 Å². The van der Waals surface area contributed by atoms with Crippen LogP contribution in [0.3, 0.4) is 0 Å². The molecule has 11 heteroatoms. The Kier molecular flexibility index (Phi) is 14.1. The van der Waals surface area contributed by atoms with Gasteiger partial charge in [0.2, 0.25) is 10.0 Å². The molecule has 2 rings (SSSR count). The van der Waals surface area contributed by atoms with E-state index in [4.69, 9.17) is 8.85 Å². The first-order valence-corrected chi connectivity index (χ1v) is 26.3. The van der Waals surface area contributed by atoms with Crippen molar-refractivity contribution in [3.63, 3.8) is 0 Å². The molecule has 276 valence electrons. The third kappa shape index (κ3) is 9.82. The predicted octanol–water partition coefficient (Wildman–Crippen LogP) is 9.86. The van der Waals surface area contributed by atoms with Gasteiger partial charge in [0.25, 0.3) is 0 Å². The van der Waals surface area contributed by atoms with E-state index in [2.05, 4.69) is 98.1 Å². The van der Waals surface area contributed by atoms with Gasteiger partial charge in [0.05, 0.1) is 33.3 Å². The van der Waals surface area contributed by atoms with Gasteiger partial charge in [0.15, 0.2) is 16.6 Å². The maximum absolute atomic E-state index is 15.5. The molecule has 1 heterocycles. The fourth-order valence-corrected chi connectivity index (χ4v) is 11.3. The third-order valence-electron chi connectivity index (χ3n) is 10.7. The lowest BCUT2D eigenvalue weighted by Gasteiger charge is -2.43. The maximum Gasteiger partial charge on any atom is 0.219 e. The van der Waals surface area contributed by atoms with Crippen molar-refractivity contribution in [2.75, 3.05) is 20.2 Å². The molecular formula is C37H68N2O5S2Si2. The summed E-state index contributed by atoms with van der Waals surface area (Å²) in [5.41, 5.74) is 0. The molecule has 0 spiro atoms. The summed E-state index contributed by atoms with van der Waals surface area (Å²) in [5, 5.41) is -0.140. The number of hydrogen-bond acceptors (Lipinski definition) is 6. The Morgan fingerprint density at radius 3 is 1.88 bits per heavy atom. The minimum Gasteiger partial charge on any atom is -0.415 e. The molecule has 0 amide bonds. The third-order valence-corrected chi connectivity index (χ3v) is 24.7. The van der Waals surface area contributed by atoms with Crippen molar-refractivity contribution < 1.29 is 21.5 Å². The quantitative estimate of drug-likeness (QED) is 0.186. The summed E-state index contributed by atoms with van der Waals surface area (Å²) in [4.78, 5) is 1.27. The van der Waals surface area contributed by atoms with Crippen molar-refractivity contribution in [1.82, 2.24) is 4.31 Å². The normalized spacial score (nSPS) is 24.7. The van der Waals surface area contributed by atoms with E-state index < -0.39 is 53.3 Å². The molecule has 1 aliphatic rings. The molecule has 0 saturated heterocycles. The number of hydrogen-bond donors (Lipinski definition) is 0. The molecule has 0 fully saturated rings. The van der Waals surface area contributed by atoms with Crippen molar-refractivity contribution in [1.29, 1.82) is 0 Å². The van der Waals surface area contributed by atoms with Crippen LogP contribution in [0, 0.1) is 11.8 Å². The number of allylic oxidation sites excluding steroid dienone is 1. The van der Waals surface area contributed by atoms with E-state index in [-0.39, 0.29) is 35.1 Å². The fourth-order valence-electron chi connectivity index (χ4n) is 5.26. The van der Waals surface area contributed by atoms with Gasteiger partial charge >= 0.3 is 0 Å². The van der Waals surface area contributed by atoms with Crippen LogP contribution in [0.25, 0.3) is 0 Å². The molecular weight excluding hydrogens is 673 g/mol. The summed E-state index contributed by atoms with van der Waals surface area (Å²) < 4.78 is 63.9. The van der Waals surface area contributed by atoms with Gasteiger partial charge in [0, 0.05) is 13.6 Å². The van der Waals surface area contributed by atoms with Gasteiger partial charge < -0.3 is 8.85 Å². The molecule has 0 N–H and O–H groups in total. The first-order chi connectivity index (χ1) is 21.6. The minimum atomic E-state index is -3.80. The summed E-state index contributed by atoms with van der Waals surface area (Å²) in [7, 11) is -9.95. The second-order valence-electron chi connectivity index (χ2n) is 17.7. The van der Waals surface area contributed by atoms with Crippen LogP contribution in [0.1, 0.15) is 89.0 Å². The van der Waals surface area contributed by atoms with Crippen molar-refractivity contribution in [2.24, 2.45) is 16.2 Å². The molecule has 0 aliphatic carbocycles. The van der Waals surface area contributed by atoms with E-state index in [0.29, 0.717) is 22.6 Å². The Labute approximate surface area is 297 Å². The van der Waals surface area contributed by atoms with Gasteiger partial charge in [-0.25, -0.2) is 17.0 Å². The Morgan fingerprint density at radius 1 is 0.875 bits per heavy atom. The number of sulfonamides is 1. The lowest BCUT2D eigenvalue weighted by Crippen LogP contribution is -2.55. The molecule has 0 saturated carbocycles. The van der Waals surface area contributed by atoms with Crippen LogP contribution >= 0.6 is 0 Å². The second kappa shape index (κ2) is 15.7. The van der Waals surface area contributed by atoms with Crippen molar-refractivity contribution in [2.45, 2.75) is 147 Å². The number of rotatable bonds is 9. The van der Waals surface area contributed by atoms with Gasteiger partial charge in [0.1, 0.15) is 9.73 Å². The molecule has 3 unspecified atom stereocenters. The second-order valence-corrected chi connectivity index (χ2v) is 32.2. The molecule has 0 bridgehead atoms. The highest BCUT2D eigenvalue weighted by atomic mass is 32.2. The van der Waals surface area contributed by atoms with Crippen LogP contribution in [0.2, 0.25) is 36.3 Å². The van der Waals surface area contributed by atoms with Crippen LogP contribution in [-0.4, -0.2) is 70.7 Å². The summed E-state index contributed by atoms with van der Waals surface area (Å²) in [6.45, 7) is 32.1. The SMILES string of the molecule is CN=S(=O)(/C1=C/[C@@H](C(C)C)C(CO[Si](C)(C)C(C)(C)C)N(S(=O)(=O)C(C)(C)C)C/C=C/CCC1O[Si](C)(C)C(C)(C)C)c1ccccc1. The fraction of sp³-hybridized carbons (Fsp3) is 0.730.